The smallest absolute Gasteiger partial charge is 0.227 e. The largest absolute Gasteiger partial charge is 0.324 e. The molecule has 4 aromatic rings. The molecule has 24 heavy (non-hydrogen) atoms. The molecule has 2 heterocycles. The molecule has 0 saturated heterocycles. The summed E-state index contributed by atoms with van der Waals surface area (Å²) in [6.07, 6.45) is 3.47. The van der Waals surface area contributed by atoms with E-state index < -0.39 is 0 Å². The summed E-state index contributed by atoms with van der Waals surface area (Å²) in [4.78, 5) is 8.78. The van der Waals surface area contributed by atoms with Crippen LogP contribution < -0.4 is 5.32 Å². The predicted octanol–water partition coefficient (Wildman–Crippen LogP) is 3.64. The van der Waals surface area contributed by atoms with Gasteiger partial charge in [0.25, 0.3) is 0 Å². The molecule has 0 bridgehead atoms. The van der Waals surface area contributed by atoms with Gasteiger partial charge in [-0.3, -0.25) is 5.10 Å². The summed E-state index contributed by atoms with van der Waals surface area (Å²) >= 11 is 0. The van der Waals surface area contributed by atoms with Crippen LogP contribution in [0, 0.1) is 11.3 Å². The van der Waals surface area contributed by atoms with Gasteiger partial charge in [-0.15, -0.1) is 0 Å². The van der Waals surface area contributed by atoms with Crippen molar-refractivity contribution in [1.29, 1.82) is 5.26 Å². The molecule has 0 fully saturated rings. The number of nitrogens with zero attached hydrogens (tertiary/aromatic N) is 4. The number of benzene rings is 2. The van der Waals surface area contributed by atoms with Crippen molar-refractivity contribution in [3.8, 4) is 17.3 Å². The molecule has 0 aliphatic heterocycles. The van der Waals surface area contributed by atoms with Gasteiger partial charge >= 0.3 is 0 Å². The fourth-order valence-electron chi connectivity index (χ4n) is 2.47. The van der Waals surface area contributed by atoms with Gasteiger partial charge in [-0.1, -0.05) is 12.1 Å². The summed E-state index contributed by atoms with van der Waals surface area (Å²) in [5.41, 5.74) is 4.05. The molecule has 114 valence electrons. The number of nitriles is 1. The highest BCUT2D eigenvalue weighted by Gasteiger charge is 2.05. The zero-order valence-electron chi connectivity index (χ0n) is 12.6. The number of aromatic amines is 1. The minimum absolute atomic E-state index is 0.494. The van der Waals surface area contributed by atoms with E-state index in [-0.39, 0.29) is 0 Å². The fourth-order valence-corrected chi connectivity index (χ4v) is 2.47. The highest BCUT2D eigenvalue weighted by molar-refractivity contribution is 5.82. The molecule has 0 unspecified atom stereocenters. The molecule has 2 N–H and O–H groups in total. The summed E-state index contributed by atoms with van der Waals surface area (Å²) in [7, 11) is 0. The first-order chi connectivity index (χ1) is 11.8. The maximum atomic E-state index is 9.02. The number of hydrogen-bond donors (Lipinski definition) is 2. The van der Waals surface area contributed by atoms with Crippen molar-refractivity contribution in [2.75, 3.05) is 5.32 Å². The second-order valence-corrected chi connectivity index (χ2v) is 5.26. The molecule has 0 spiro atoms. The number of rotatable bonds is 3. The normalized spacial score (nSPS) is 10.5. The van der Waals surface area contributed by atoms with E-state index in [1.54, 1.807) is 18.5 Å². The Hall–Kier alpha value is -3.72. The lowest BCUT2D eigenvalue weighted by atomic mass is 10.1. The van der Waals surface area contributed by atoms with Crippen LogP contribution in [0.3, 0.4) is 0 Å². The van der Waals surface area contributed by atoms with Crippen molar-refractivity contribution in [2.24, 2.45) is 0 Å². The van der Waals surface area contributed by atoms with E-state index in [1.807, 2.05) is 42.5 Å². The molecule has 0 amide bonds. The van der Waals surface area contributed by atoms with Crippen molar-refractivity contribution in [1.82, 2.24) is 20.2 Å². The first-order valence-corrected chi connectivity index (χ1v) is 7.35. The Labute approximate surface area is 137 Å². The summed E-state index contributed by atoms with van der Waals surface area (Å²) in [6, 6.07) is 17.2. The van der Waals surface area contributed by atoms with Crippen LogP contribution in [0.2, 0.25) is 0 Å². The van der Waals surface area contributed by atoms with Gasteiger partial charge in [0.2, 0.25) is 5.95 Å². The average molecular weight is 312 g/mol. The van der Waals surface area contributed by atoms with E-state index in [2.05, 4.69) is 31.6 Å². The molecular formula is C18H12N6. The Morgan fingerprint density at radius 3 is 2.96 bits per heavy atom. The van der Waals surface area contributed by atoms with Crippen molar-refractivity contribution < 1.29 is 0 Å². The quantitative estimate of drug-likeness (QED) is 0.603. The SMILES string of the molecule is N#Cc1cccc(-c2ccnc(Nc3ccc4cn[nH]c4c3)n2)c1. The standard InChI is InChI=1S/C18H12N6/c19-10-12-2-1-3-13(8-12)16-6-7-20-18(23-16)22-15-5-4-14-11-21-24-17(14)9-15/h1-9,11H,(H,21,24)(H,20,22,23). The Morgan fingerprint density at radius 1 is 1.08 bits per heavy atom. The predicted molar refractivity (Wildman–Crippen MR) is 91.6 cm³/mol. The molecule has 0 atom stereocenters. The maximum absolute atomic E-state index is 9.02. The molecule has 0 radical (unpaired) electrons. The molecular weight excluding hydrogens is 300 g/mol. The van der Waals surface area contributed by atoms with Gasteiger partial charge < -0.3 is 5.32 Å². The van der Waals surface area contributed by atoms with Crippen LogP contribution in [0.4, 0.5) is 11.6 Å². The Balaban J connectivity index is 1.65. The van der Waals surface area contributed by atoms with Crippen molar-refractivity contribution in [3.05, 3.63) is 66.5 Å². The number of nitrogens with one attached hydrogen (secondary N) is 2. The van der Waals surface area contributed by atoms with Crippen molar-refractivity contribution in [3.63, 3.8) is 0 Å². The topological polar surface area (TPSA) is 90.3 Å². The first-order valence-electron chi connectivity index (χ1n) is 7.35. The molecule has 2 aromatic heterocycles. The highest BCUT2D eigenvalue weighted by atomic mass is 15.1. The van der Waals surface area contributed by atoms with E-state index in [9.17, 15) is 0 Å². The molecule has 0 saturated carbocycles. The van der Waals surface area contributed by atoms with Crippen LogP contribution >= 0.6 is 0 Å². The molecule has 4 rings (SSSR count). The van der Waals surface area contributed by atoms with Crippen LogP contribution in [-0.4, -0.2) is 20.2 Å². The third-order valence-corrected chi connectivity index (χ3v) is 3.64. The Kier molecular flexibility index (Phi) is 3.37. The minimum Gasteiger partial charge on any atom is -0.324 e. The van der Waals surface area contributed by atoms with Gasteiger partial charge in [0.15, 0.2) is 0 Å². The molecule has 2 aromatic carbocycles. The number of H-pyrrole nitrogens is 1. The number of fused-ring (bicyclic) bond motifs is 1. The summed E-state index contributed by atoms with van der Waals surface area (Å²) in [5.74, 6) is 0.494. The number of aromatic nitrogens is 4. The van der Waals surface area contributed by atoms with Crippen LogP contribution in [0.15, 0.2) is 60.9 Å². The lowest BCUT2D eigenvalue weighted by Gasteiger charge is -2.07. The van der Waals surface area contributed by atoms with Crippen molar-refractivity contribution in [2.45, 2.75) is 0 Å². The van der Waals surface area contributed by atoms with Gasteiger partial charge in [0.05, 0.1) is 29.0 Å². The second-order valence-electron chi connectivity index (χ2n) is 5.26. The van der Waals surface area contributed by atoms with Crippen LogP contribution in [-0.2, 0) is 0 Å². The second kappa shape index (κ2) is 5.82. The van der Waals surface area contributed by atoms with E-state index in [0.29, 0.717) is 11.5 Å². The van der Waals surface area contributed by atoms with Crippen molar-refractivity contribution >= 4 is 22.5 Å². The van der Waals surface area contributed by atoms with Gasteiger partial charge in [-0.25, -0.2) is 9.97 Å². The average Bonchev–Trinajstić information content (AvgIpc) is 3.10. The third-order valence-electron chi connectivity index (χ3n) is 3.64. The van der Waals surface area contributed by atoms with Gasteiger partial charge in [0.1, 0.15) is 0 Å². The van der Waals surface area contributed by atoms with E-state index in [1.165, 1.54) is 0 Å². The van der Waals surface area contributed by atoms with Gasteiger partial charge in [-0.05, 0) is 36.4 Å². The van der Waals surface area contributed by atoms with Crippen LogP contribution in [0.1, 0.15) is 5.56 Å². The van der Waals surface area contributed by atoms with Gasteiger partial charge in [0, 0.05) is 22.8 Å². The Bertz CT molecular complexity index is 1060. The Morgan fingerprint density at radius 2 is 2.04 bits per heavy atom. The van der Waals surface area contributed by atoms with E-state index in [4.69, 9.17) is 5.26 Å². The molecule has 0 aliphatic carbocycles. The third kappa shape index (κ3) is 2.66. The van der Waals surface area contributed by atoms with Gasteiger partial charge in [-0.2, -0.15) is 10.4 Å². The van der Waals surface area contributed by atoms with E-state index in [0.717, 1.165) is 27.8 Å². The zero-order valence-corrected chi connectivity index (χ0v) is 12.6. The monoisotopic (exact) mass is 312 g/mol. The molecule has 0 aliphatic rings. The zero-order chi connectivity index (χ0) is 16.4. The van der Waals surface area contributed by atoms with Crippen LogP contribution in [0.5, 0.6) is 0 Å². The summed E-state index contributed by atoms with van der Waals surface area (Å²) < 4.78 is 0. The lowest BCUT2D eigenvalue weighted by molar-refractivity contribution is 1.12. The molecule has 6 heteroatoms. The number of hydrogen-bond acceptors (Lipinski definition) is 5. The van der Waals surface area contributed by atoms with Crippen LogP contribution in [0.25, 0.3) is 22.2 Å². The highest BCUT2D eigenvalue weighted by Crippen LogP contribution is 2.22. The van der Waals surface area contributed by atoms with E-state index >= 15 is 0 Å². The summed E-state index contributed by atoms with van der Waals surface area (Å²) in [5, 5.41) is 20.2. The fraction of sp³-hybridized carbons (Fsp3) is 0. The number of anilines is 2. The molecule has 6 nitrogen and oxygen atoms in total. The first kappa shape index (κ1) is 13.9. The lowest BCUT2D eigenvalue weighted by Crippen LogP contribution is -1.98. The maximum Gasteiger partial charge on any atom is 0.227 e. The minimum atomic E-state index is 0.494. The summed E-state index contributed by atoms with van der Waals surface area (Å²) in [6.45, 7) is 0.